The van der Waals surface area contributed by atoms with E-state index < -0.39 is 0 Å². The Hall–Kier alpha value is 3.13. The van der Waals surface area contributed by atoms with E-state index in [0.717, 1.165) is 0 Å². The first kappa shape index (κ1) is 23.2. The summed E-state index contributed by atoms with van der Waals surface area (Å²) in [5.41, 5.74) is 0. The topological polar surface area (TPSA) is 0 Å². The molecule has 0 rings (SSSR count). The minimum absolute atomic E-state index is 0. The van der Waals surface area contributed by atoms with Crippen LogP contribution in [0.15, 0.2) is 0 Å². The molecule has 0 unspecified atom stereocenters. The Bertz CT molecular complexity index is 99.6. The Morgan fingerprint density at radius 3 is 1.80 bits per heavy atom. The molecule has 0 aromatic heterocycles. The van der Waals surface area contributed by atoms with Gasteiger partial charge in [0.25, 0.3) is 0 Å². The average Bonchev–Trinajstić information content (AvgIpc) is 2.11. The average molecular weight is 211 g/mol. The predicted octanol–water partition coefficient (Wildman–Crippen LogP) is -10.7. The molecule has 0 aliphatic rings. The van der Waals surface area contributed by atoms with Crippen molar-refractivity contribution >= 4 is 97.3 Å². The van der Waals surface area contributed by atoms with Gasteiger partial charge in [0.15, 0.2) is 0 Å². The van der Waals surface area contributed by atoms with Gasteiger partial charge < -0.3 is 15.5 Å². The molecule has 0 saturated carbocycles. The van der Waals surface area contributed by atoms with Gasteiger partial charge in [0, 0.05) is 21.2 Å². The van der Waals surface area contributed by atoms with Crippen molar-refractivity contribution in [1.29, 1.82) is 0 Å². The smallest absolute Gasteiger partial charge is 0.414 e. The third-order valence-corrected chi connectivity index (χ3v) is 1.57. The zero-order valence-electron chi connectivity index (χ0n) is 9.63. The van der Waals surface area contributed by atoms with Crippen molar-refractivity contribution < 1.29 is 59.1 Å². The Labute approximate surface area is 154 Å². The summed E-state index contributed by atoms with van der Waals surface area (Å²) < 4.78 is 0. The summed E-state index contributed by atoms with van der Waals surface area (Å²) in [6.45, 7) is 0. The van der Waals surface area contributed by atoms with Crippen molar-refractivity contribution in [3.63, 3.8) is 0 Å². The normalized spacial score (nSPS) is 6.60. The molecule has 0 saturated heterocycles. The second kappa shape index (κ2) is 19.5. The van der Waals surface area contributed by atoms with Crippen LogP contribution in [0.3, 0.4) is 0 Å². The summed E-state index contributed by atoms with van der Waals surface area (Å²) in [7, 11) is 24.1. The van der Waals surface area contributed by atoms with Crippen LogP contribution in [0.25, 0.3) is 0 Å². The number of rotatable bonds is 9. The summed E-state index contributed by atoms with van der Waals surface area (Å²) in [5, 5.41) is 0. The Balaban J connectivity index is -0.000000720. The van der Waals surface area contributed by atoms with Gasteiger partial charge in [0.1, 0.15) is 5.77 Å². The van der Waals surface area contributed by atoms with Crippen molar-refractivity contribution in [2.75, 3.05) is 0 Å². The van der Waals surface area contributed by atoms with Crippen LogP contribution in [0.4, 0.5) is 0 Å². The molecule has 0 N–H and O–H groups in total. The SMILES string of the molecule is [BH-][B][B][B][B][B][B][B]B(S)[B][B][BH-].[Na+].[Na+]. The second-order valence-corrected chi connectivity index (χ2v) is 2.91. The van der Waals surface area contributed by atoms with Crippen LogP contribution in [0.5, 0.6) is 0 Å². The summed E-state index contributed by atoms with van der Waals surface area (Å²) in [6, 6.07) is 0. The van der Waals surface area contributed by atoms with Crippen LogP contribution in [-0.2, 0) is 0 Å². The minimum atomic E-state index is 0. The van der Waals surface area contributed by atoms with Gasteiger partial charge >= 0.3 is 59.1 Å². The van der Waals surface area contributed by atoms with E-state index in [9.17, 15) is 0 Å². The second-order valence-electron chi connectivity index (χ2n) is 2.31. The quantitative estimate of drug-likeness (QED) is 0.218. The van der Waals surface area contributed by atoms with Gasteiger partial charge in [-0.15, -0.1) is 0 Å². The largest absolute Gasteiger partial charge is 1.00 e. The Morgan fingerprint density at radius 1 is 0.733 bits per heavy atom. The molecule has 15 heteroatoms. The number of thiol groups is 1. The molecule has 0 aromatic rings. The van der Waals surface area contributed by atoms with Crippen molar-refractivity contribution in [3.8, 4) is 0 Å². The van der Waals surface area contributed by atoms with Crippen molar-refractivity contribution in [2.24, 2.45) is 0 Å². The monoisotopic (exact) mass is 213 g/mol. The third-order valence-electron chi connectivity index (χ3n) is 1.22. The molecule has 0 fully saturated rings. The van der Waals surface area contributed by atoms with Gasteiger partial charge in [0.2, 0.25) is 0 Å². The summed E-state index contributed by atoms with van der Waals surface area (Å²) in [6.07, 6.45) is 0. The van der Waals surface area contributed by atoms with E-state index in [-0.39, 0.29) is 64.9 Å². The summed E-state index contributed by atoms with van der Waals surface area (Å²) in [5.74, 6) is 0.144. The van der Waals surface area contributed by atoms with E-state index in [2.05, 4.69) is 28.0 Å². The van der Waals surface area contributed by atoms with Crippen LogP contribution in [-0.4, -0.2) is 84.8 Å². The Kier molecular flexibility index (Phi) is 30.2. The Morgan fingerprint density at radius 2 is 1.27 bits per heavy atom. The van der Waals surface area contributed by atoms with E-state index in [1.54, 1.807) is 14.1 Å². The molecule has 0 aliphatic carbocycles. The van der Waals surface area contributed by atoms with Crippen LogP contribution >= 0.6 is 12.5 Å². The standard InChI is InChI=1S/B12H3S.2Na/c1-3-5-6-7-8-9-11-12(13)10-4-2;;/h1-2,13H;;/q-2;2*+1. The molecule has 13 radical (unpaired) electrons. The molecular formula is H3B12Na2S. The maximum absolute atomic E-state index is 4.27. The van der Waals surface area contributed by atoms with Gasteiger partial charge in [-0.1, -0.05) is 0 Å². The summed E-state index contributed by atoms with van der Waals surface area (Å²) >= 11 is 4.27. The molecule has 0 amide bonds. The van der Waals surface area contributed by atoms with Crippen molar-refractivity contribution in [2.45, 2.75) is 0 Å². The van der Waals surface area contributed by atoms with E-state index in [4.69, 9.17) is 0 Å². The van der Waals surface area contributed by atoms with Gasteiger partial charge in [-0.2, -0.15) is 0 Å². The molecule has 0 atom stereocenters. The molecule has 0 nitrogen and oxygen atoms in total. The van der Waals surface area contributed by atoms with Gasteiger partial charge in [-0.25, -0.2) is 26.6 Å². The first-order valence-corrected chi connectivity index (χ1v) is 4.59. The number of hydrogen-bond acceptors (Lipinski definition) is 1. The van der Waals surface area contributed by atoms with Crippen LogP contribution in [0.1, 0.15) is 0 Å². The first-order valence-electron chi connectivity index (χ1n) is 4.07. The minimum Gasteiger partial charge on any atom is -0.414 e. The van der Waals surface area contributed by atoms with E-state index in [1.165, 1.54) is 0 Å². The zero-order chi connectivity index (χ0) is 9.94. The number of hydrogen-bond donors (Lipinski definition) is 1. The van der Waals surface area contributed by atoms with Crippen LogP contribution in [0, 0.1) is 0 Å². The molecule has 47 valence electrons. The maximum atomic E-state index is 4.27. The van der Waals surface area contributed by atoms with E-state index in [0.29, 0.717) is 0 Å². The van der Waals surface area contributed by atoms with Crippen molar-refractivity contribution in [3.05, 3.63) is 0 Å². The fourth-order valence-corrected chi connectivity index (χ4v) is 0.874. The first-order chi connectivity index (χ1) is 6.31. The van der Waals surface area contributed by atoms with E-state index >= 15 is 0 Å². The molecule has 0 spiro atoms. The molecular weight excluding hydrogens is 208 g/mol. The summed E-state index contributed by atoms with van der Waals surface area (Å²) in [4.78, 5) is 0. The maximum Gasteiger partial charge on any atom is 1.00 e. The van der Waals surface area contributed by atoms with E-state index in [1.807, 2.05) is 49.4 Å². The van der Waals surface area contributed by atoms with Gasteiger partial charge in [-0.3, -0.25) is 0 Å². The van der Waals surface area contributed by atoms with Gasteiger partial charge in [-0.05, 0) is 28.2 Å². The fraction of sp³-hybridized carbons (Fsp3) is 0. The fourth-order valence-electron chi connectivity index (χ4n) is 0.653. The predicted molar refractivity (Wildman–Crippen MR) is 80.8 cm³/mol. The molecule has 0 bridgehead atoms. The molecule has 15 heavy (non-hydrogen) atoms. The van der Waals surface area contributed by atoms with Crippen LogP contribution in [0.2, 0.25) is 0 Å². The zero-order valence-corrected chi connectivity index (χ0v) is 14.5. The van der Waals surface area contributed by atoms with Crippen molar-refractivity contribution in [1.82, 2.24) is 0 Å². The van der Waals surface area contributed by atoms with Gasteiger partial charge in [0.05, 0.1) is 0 Å². The third kappa shape index (κ3) is 19.6. The molecule has 0 heterocycles. The molecule has 0 aromatic carbocycles. The molecule has 0 aliphatic heterocycles. The van der Waals surface area contributed by atoms with Crippen LogP contribution < -0.4 is 59.1 Å².